The molecule has 0 saturated carbocycles. The van der Waals surface area contributed by atoms with Crippen LogP contribution in [-0.2, 0) is 10.0 Å². The Morgan fingerprint density at radius 3 is 2.72 bits per heavy atom. The molecule has 0 spiro atoms. The molecule has 1 saturated heterocycles. The van der Waals surface area contributed by atoms with Crippen LogP contribution in [0.15, 0.2) is 58.0 Å². The van der Waals surface area contributed by atoms with Gasteiger partial charge in [-0.1, -0.05) is 12.1 Å². The number of benzene rings is 1. The van der Waals surface area contributed by atoms with Crippen LogP contribution in [0.3, 0.4) is 0 Å². The average Bonchev–Trinajstić information content (AvgIpc) is 3.29. The van der Waals surface area contributed by atoms with Crippen molar-refractivity contribution in [2.24, 2.45) is 4.40 Å². The van der Waals surface area contributed by atoms with Crippen molar-refractivity contribution in [2.45, 2.75) is 24.7 Å². The van der Waals surface area contributed by atoms with Gasteiger partial charge in [-0.15, -0.1) is 4.40 Å². The van der Waals surface area contributed by atoms with Gasteiger partial charge in [0.15, 0.2) is 0 Å². The maximum atomic E-state index is 12.7. The number of sulfonamides is 1. The largest absolute Gasteiger partial charge is 0.362 e. The van der Waals surface area contributed by atoms with Gasteiger partial charge in [0.05, 0.1) is 4.90 Å². The molecule has 0 atom stereocenters. The first-order valence-electron chi connectivity index (χ1n) is 9.25. The van der Waals surface area contributed by atoms with Gasteiger partial charge in [-0.3, -0.25) is 4.79 Å². The molecule has 1 amide bonds. The van der Waals surface area contributed by atoms with Crippen molar-refractivity contribution in [3.8, 4) is 0 Å². The number of amidine groups is 1. The Kier molecular flexibility index (Phi) is 4.83. The summed E-state index contributed by atoms with van der Waals surface area (Å²) >= 11 is 0. The Morgan fingerprint density at radius 1 is 1.21 bits per heavy atom. The molecule has 0 unspecified atom stereocenters. The molecule has 9 heteroatoms. The van der Waals surface area contributed by atoms with Crippen LogP contribution >= 0.6 is 0 Å². The van der Waals surface area contributed by atoms with E-state index in [1.807, 2.05) is 41.5 Å². The van der Waals surface area contributed by atoms with E-state index in [9.17, 15) is 13.2 Å². The molecule has 1 aliphatic heterocycles. The van der Waals surface area contributed by atoms with E-state index in [2.05, 4.69) is 14.7 Å². The van der Waals surface area contributed by atoms with Gasteiger partial charge in [0.25, 0.3) is 15.9 Å². The van der Waals surface area contributed by atoms with Crippen molar-refractivity contribution in [3.63, 3.8) is 0 Å². The van der Waals surface area contributed by atoms with Gasteiger partial charge in [-0.05, 0) is 43.7 Å². The van der Waals surface area contributed by atoms with Crippen molar-refractivity contribution in [1.29, 1.82) is 0 Å². The van der Waals surface area contributed by atoms with E-state index in [0.29, 0.717) is 23.6 Å². The number of fused-ring (bicyclic) bond motifs is 1. The monoisotopic (exact) mass is 411 g/mol. The molecule has 3 aromatic rings. The molecule has 1 aliphatic rings. The summed E-state index contributed by atoms with van der Waals surface area (Å²) in [4.78, 5) is 18.8. The predicted molar refractivity (Wildman–Crippen MR) is 111 cm³/mol. The van der Waals surface area contributed by atoms with Crippen LogP contribution in [0, 0.1) is 6.92 Å². The van der Waals surface area contributed by atoms with E-state index in [-0.39, 0.29) is 10.6 Å². The molecule has 8 nitrogen and oxygen atoms in total. The topological polar surface area (TPSA) is 96.1 Å². The highest BCUT2D eigenvalue weighted by Crippen LogP contribution is 2.21. The molecule has 4 rings (SSSR count). The molecule has 0 radical (unpaired) electrons. The number of nitrogens with one attached hydrogen (secondary N) is 1. The molecule has 2 aromatic heterocycles. The summed E-state index contributed by atoms with van der Waals surface area (Å²) in [6.07, 6.45) is 3.18. The van der Waals surface area contributed by atoms with Crippen LogP contribution in [0.25, 0.3) is 5.65 Å². The molecule has 1 fully saturated rings. The zero-order valence-corrected chi connectivity index (χ0v) is 17.0. The molecule has 29 heavy (non-hydrogen) atoms. The first kappa shape index (κ1) is 19.1. The number of carbonyl (C=O) groups excluding carboxylic acids is 1. The van der Waals surface area contributed by atoms with Crippen molar-refractivity contribution in [3.05, 3.63) is 60.0 Å². The average molecular weight is 411 g/mol. The van der Waals surface area contributed by atoms with Gasteiger partial charge in [0, 0.05) is 37.6 Å². The van der Waals surface area contributed by atoms with Gasteiger partial charge in [0.2, 0.25) is 0 Å². The number of likely N-dealkylation sites (tertiary alicyclic amines) is 1. The second-order valence-electron chi connectivity index (χ2n) is 7.01. The van der Waals surface area contributed by atoms with E-state index < -0.39 is 15.9 Å². The maximum absolute atomic E-state index is 12.7. The van der Waals surface area contributed by atoms with Gasteiger partial charge < -0.3 is 14.6 Å². The number of imidazole rings is 1. The lowest BCUT2D eigenvalue weighted by atomic mass is 10.3. The fourth-order valence-electron chi connectivity index (χ4n) is 3.29. The highest BCUT2D eigenvalue weighted by Gasteiger charge is 2.21. The summed E-state index contributed by atoms with van der Waals surface area (Å²) in [7, 11) is -2.02. The van der Waals surface area contributed by atoms with Crippen LogP contribution in [0.2, 0.25) is 0 Å². The summed E-state index contributed by atoms with van der Waals surface area (Å²) in [5, 5.41) is 2.72. The third-order valence-electron chi connectivity index (χ3n) is 4.88. The Morgan fingerprint density at radius 2 is 2.00 bits per heavy atom. The summed E-state index contributed by atoms with van der Waals surface area (Å²) in [6, 6.07) is 11.7. The molecule has 1 aromatic carbocycles. The second-order valence-corrected chi connectivity index (χ2v) is 8.62. The smallest absolute Gasteiger partial charge is 0.284 e. The van der Waals surface area contributed by atoms with E-state index in [1.165, 1.54) is 12.1 Å². The van der Waals surface area contributed by atoms with E-state index in [1.54, 1.807) is 18.3 Å². The molecule has 3 heterocycles. The van der Waals surface area contributed by atoms with E-state index >= 15 is 0 Å². The maximum Gasteiger partial charge on any atom is 0.284 e. The number of aryl methyl sites for hydroxylation is 1. The Balaban J connectivity index is 1.58. The minimum atomic E-state index is -3.85. The molecule has 0 aliphatic carbocycles. The number of anilines is 1. The molecular weight excluding hydrogens is 390 g/mol. The van der Waals surface area contributed by atoms with Crippen molar-refractivity contribution < 1.29 is 13.2 Å². The van der Waals surface area contributed by atoms with Crippen LogP contribution in [0.1, 0.15) is 29.0 Å². The first-order valence-corrected chi connectivity index (χ1v) is 10.7. The number of rotatable bonds is 4. The normalized spacial score (nSPS) is 15.9. The summed E-state index contributed by atoms with van der Waals surface area (Å²) in [5.74, 6) is 0.143. The SMILES string of the molecule is Cc1cccc2nc(C(=O)Nc3cccc(S(=O)(=O)/N=C4\CCCN4C)c3)cn12. The first-order chi connectivity index (χ1) is 13.8. The fraction of sp³-hybridized carbons (Fsp3) is 0.250. The standard InChI is InChI=1S/C20H21N5O3S/c1-14-6-3-9-18-22-17(13-25(14)18)20(26)21-15-7-4-8-16(12-15)29(27,28)23-19-10-5-11-24(19)2/h3-4,6-9,12-13H,5,10-11H2,1-2H3,(H,21,26)/b23-19+. The van der Waals surface area contributed by atoms with Gasteiger partial charge >= 0.3 is 0 Å². The number of hydrogen-bond donors (Lipinski definition) is 1. The van der Waals surface area contributed by atoms with Crippen LogP contribution in [0.4, 0.5) is 5.69 Å². The van der Waals surface area contributed by atoms with Crippen LogP contribution in [-0.4, -0.2) is 48.0 Å². The summed E-state index contributed by atoms with van der Waals surface area (Å²) in [6.45, 7) is 2.72. The third-order valence-corrected chi connectivity index (χ3v) is 6.18. The van der Waals surface area contributed by atoms with Gasteiger partial charge in [-0.25, -0.2) is 4.98 Å². The fourth-order valence-corrected chi connectivity index (χ4v) is 4.43. The number of amides is 1. The molecule has 0 bridgehead atoms. The lowest BCUT2D eigenvalue weighted by molar-refractivity contribution is 0.102. The van der Waals surface area contributed by atoms with Crippen LogP contribution in [0.5, 0.6) is 0 Å². The Hall–Kier alpha value is -3.20. The number of nitrogens with zero attached hydrogens (tertiary/aromatic N) is 4. The molecule has 1 N–H and O–H groups in total. The van der Waals surface area contributed by atoms with E-state index in [4.69, 9.17) is 0 Å². The van der Waals surface area contributed by atoms with Gasteiger partial charge in [-0.2, -0.15) is 8.42 Å². The predicted octanol–water partition coefficient (Wildman–Crippen LogP) is 2.71. The highest BCUT2D eigenvalue weighted by atomic mass is 32.2. The van der Waals surface area contributed by atoms with Crippen molar-refractivity contribution in [2.75, 3.05) is 18.9 Å². The minimum absolute atomic E-state index is 0.0361. The summed E-state index contributed by atoms with van der Waals surface area (Å²) < 4.78 is 31.1. The lowest BCUT2D eigenvalue weighted by Gasteiger charge is -2.11. The highest BCUT2D eigenvalue weighted by molar-refractivity contribution is 7.90. The van der Waals surface area contributed by atoms with Crippen LogP contribution < -0.4 is 5.32 Å². The molecule has 150 valence electrons. The second kappa shape index (κ2) is 7.32. The third kappa shape index (κ3) is 3.86. The Bertz CT molecular complexity index is 1230. The number of pyridine rings is 1. The number of carbonyl (C=O) groups is 1. The van der Waals surface area contributed by atoms with Gasteiger partial charge in [0.1, 0.15) is 17.2 Å². The Labute approximate surface area is 169 Å². The quantitative estimate of drug-likeness (QED) is 0.712. The zero-order chi connectivity index (χ0) is 20.6. The zero-order valence-electron chi connectivity index (χ0n) is 16.2. The number of hydrogen-bond acceptors (Lipinski definition) is 4. The molecular formula is C20H21N5O3S. The number of aromatic nitrogens is 2. The van der Waals surface area contributed by atoms with Crippen molar-refractivity contribution >= 4 is 33.1 Å². The van der Waals surface area contributed by atoms with E-state index in [0.717, 1.165) is 18.7 Å². The lowest BCUT2D eigenvalue weighted by Crippen LogP contribution is -2.20. The summed E-state index contributed by atoms with van der Waals surface area (Å²) in [5.41, 5.74) is 2.24. The minimum Gasteiger partial charge on any atom is -0.362 e. The van der Waals surface area contributed by atoms with Crippen molar-refractivity contribution in [1.82, 2.24) is 14.3 Å².